The van der Waals surface area contributed by atoms with E-state index in [2.05, 4.69) is 25.8 Å². The van der Waals surface area contributed by atoms with E-state index >= 15 is 0 Å². The molecule has 5 rings (SSSR count). The molecule has 0 radical (unpaired) electrons. The number of amides is 1. The van der Waals surface area contributed by atoms with Crippen molar-refractivity contribution < 1.29 is 9.21 Å². The second-order valence-corrected chi connectivity index (χ2v) is 6.57. The van der Waals surface area contributed by atoms with Crippen LogP contribution in [0, 0.1) is 0 Å². The Bertz CT molecular complexity index is 1220. The topological polar surface area (TPSA) is 105 Å². The van der Waals surface area contributed by atoms with E-state index in [9.17, 15) is 4.79 Å². The minimum atomic E-state index is -0.946. The summed E-state index contributed by atoms with van der Waals surface area (Å²) < 4.78 is 5.67. The van der Waals surface area contributed by atoms with Crippen LogP contribution < -0.4 is 10.6 Å². The van der Waals surface area contributed by atoms with Crippen LogP contribution in [0.1, 0.15) is 11.1 Å². The van der Waals surface area contributed by atoms with Crippen LogP contribution in [0.2, 0.25) is 0 Å². The summed E-state index contributed by atoms with van der Waals surface area (Å²) in [7, 11) is 0. The Kier molecular flexibility index (Phi) is 4.49. The number of para-hydroxylation sites is 1. The summed E-state index contributed by atoms with van der Waals surface area (Å²) in [6.07, 6.45) is 2.33. The van der Waals surface area contributed by atoms with Gasteiger partial charge in [-0.05, 0) is 18.2 Å². The first-order chi connectivity index (χ1) is 14.8. The highest BCUT2D eigenvalue weighted by atomic mass is 16.4. The van der Waals surface area contributed by atoms with Crippen LogP contribution in [0.5, 0.6) is 0 Å². The average molecular weight is 396 g/mol. The number of hydrogen-bond donors (Lipinski definition) is 2. The summed E-state index contributed by atoms with van der Waals surface area (Å²) in [6.45, 7) is 0. The molecule has 1 aliphatic rings. The fourth-order valence-corrected chi connectivity index (χ4v) is 3.19. The van der Waals surface area contributed by atoms with E-state index < -0.39 is 6.17 Å². The lowest BCUT2D eigenvalue weighted by atomic mass is 10.0. The number of carbonyl (C=O) groups is 1. The molecule has 1 amide bonds. The van der Waals surface area contributed by atoms with Gasteiger partial charge in [0.1, 0.15) is 0 Å². The van der Waals surface area contributed by atoms with Gasteiger partial charge < -0.3 is 15.1 Å². The quantitative estimate of drug-likeness (QED) is 0.548. The van der Waals surface area contributed by atoms with Crippen LogP contribution >= 0.6 is 0 Å². The van der Waals surface area contributed by atoms with E-state index in [-0.39, 0.29) is 11.9 Å². The predicted molar refractivity (Wildman–Crippen MR) is 112 cm³/mol. The summed E-state index contributed by atoms with van der Waals surface area (Å²) in [4.78, 5) is 21.5. The van der Waals surface area contributed by atoms with Crippen molar-refractivity contribution in [3.05, 3.63) is 90.3 Å². The fourth-order valence-electron chi connectivity index (χ4n) is 3.19. The van der Waals surface area contributed by atoms with Crippen LogP contribution in [-0.4, -0.2) is 33.0 Å². The number of pyridine rings is 1. The molecule has 146 valence electrons. The van der Waals surface area contributed by atoms with Gasteiger partial charge >= 0.3 is 6.01 Å². The van der Waals surface area contributed by atoms with E-state index in [4.69, 9.17) is 9.41 Å². The van der Waals surface area contributed by atoms with Gasteiger partial charge in [-0.3, -0.25) is 9.78 Å². The van der Waals surface area contributed by atoms with Gasteiger partial charge in [0.05, 0.1) is 11.4 Å². The maximum absolute atomic E-state index is 12.9. The SMILES string of the molecule is O=C1Nc2ccccc2C(c2ccccc2)=NC1Nc1nnc(-c2ccncc2)o1. The monoisotopic (exact) mass is 396 g/mol. The molecule has 8 heteroatoms. The van der Waals surface area contributed by atoms with Crippen molar-refractivity contribution >= 4 is 23.3 Å². The Labute approximate surface area is 171 Å². The van der Waals surface area contributed by atoms with Crippen molar-refractivity contribution in [2.75, 3.05) is 10.6 Å². The van der Waals surface area contributed by atoms with Gasteiger partial charge in [-0.15, -0.1) is 5.10 Å². The van der Waals surface area contributed by atoms with Crippen LogP contribution in [0.25, 0.3) is 11.5 Å². The number of aromatic nitrogens is 3. The first kappa shape index (κ1) is 17.7. The summed E-state index contributed by atoms with van der Waals surface area (Å²) in [5.74, 6) is 0.00141. The zero-order valence-electron chi connectivity index (χ0n) is 15.7. The number of fused-ring (bicyclic) bond motifs is 1. The molecule has 2 N–H and O–H groups in total. The van der Waals surface area contributed by atoms with Gasteiger partial charge in [0.2, 0.25) is 12.1 Å². The molecule has 0 bridgehead atoms. The van der Waals surface area contributed by atoms with Crippen LogP contribution in [0.4, 0.5) is 11.7 Å². The largest absolute Gasteiger partial charge is 0.403 e. The molecule has 8 nitrogen and oxygen atoms in total. The van der Waals surface area contributed by atoms with Gasteiger partial charge in [-0.1, -0.05) is 53.6 Å². The third-order valence-corrected chi connectivity index (χ3v) is 4.61. The normalized spacial score (nSPS) is 15.5. The lowest BCUT2D eigenvalue weighted by Crippen LogP contribution is -2.32. The third-order valence-electron chi connectivity index (χ3n) is 4.61. The average Bonchev–Trinajstić information content (AvgIpc) is 3.21. The Morgan fingerprint density at radius 1 is 0.867 bits per heavy atom. The Balaban J connectivity index is 1.51. The molecule has 0 fully saturated rings. The maximum atomic E-state index is 12.9. The molecule has 0 aliphatic carbocycles. The second kappa shape index (κ2) is 7.59. The zero-order chi connectivity index (χ0) is 20.3. The molecule has 2 aromatic carbocycles. The molecule has 0 spiro atoms. The Morgan fingerprint density at radius 3 is 2.47 bits per heavy atom. The fraction of sp³-hybridized carbons (Fsp3) is 0.0455. The van der Waals surface area contributed by atoms with Gasteiger partial charge in [-0.25, -0.2) is 4.99 Å². The van der Waals surface area contributed by atoms with Crippen molar-refractivity contribution in [1.82, 2.24) is 15.2 Å². The molecular weight excluding hydrogens is 380 g/mol. The molecule has 0 saturated carbocycles. The van der Waals surface area contributed by atoms with E-state index in [0.717, 1.165) is 16.7 Å². The zero-order valence-corrected chi connectivity index (χ0v) is 15.7. The van der Waals surface area contributed by atoms with E-state index in [1.54, 1.807) is 24.5 Å². The standard InChI is InChI=1S/C22H16N6O2/c29-20-19(26-22-28-27-21(30-22)15-10-12-23-13-11-15)25-18(14-6-2-1-3-7-14)16-8-4-5-9-17(16)24-20/h1-13,19H,(H,24,29)(H,26,28). The van der Waals surface area contributed by atoms with Gasteiger partial charge in [-0.2, -0.15) is 0 Å². The molecule has 3 heterocycles. The van der Waals surface area contributed by atoms with Crippen molar-refractivity contribution in [1.29, 1.82) is 0 Å². The third kappa shape index (κ3) is 3.42. The van der Waals surface area contributed by atoms with Crippen LogP contribution in [0.15, 0.2) is 88.5 Å². The number of hydrogen-bond acceptors (Lipinski definition) is 7. The van der Waals surface area contributed by atoms with Crippen molar-refractivity contribution in [2.24, 2.45) is 4.99 Å². The highest BCUT2D eigenvalue weighted by Gasteiger charge is 2.27. The molecular formula is C22H16N6O2. The summed E-state index contributed by atoms with van der Waals surface area (Å²) in [5, 5.41) is 13.9. The van der Waals surface area contributed by atoms with Gasteiger partial charge in [0.25, 0.3) is 5.91 Å². The molecule has 1 unspecified atom stereocenters. The van der Waals surface area contributed by atoms with Crippen LogP contribution in [-0.2, 0) is 4.79 Å². The number of benzene rings is 2. The predicted octanol–water partition coefficient (Wildman–Crippen LogP) is 3.36. The van der Waals surface area contributed by atoms with Crippen molar-refractivity contribution in [2.45, 2.75) is 6.17 Å². The molecule has 0 saturated heterocycles. The molecule has 2 aromatic heterocycles. The summed E-state index contributed by atoms with van der Waals surface area (Å²) in [5.41, 5.74) is 3.85. The van der Waals surface area contributed by atoms with Crippen LogP contribution in [0.3, 0.4) is 0 Å². The van der Waals surface area contributed by atoms with E-state index in [0.29, 0.717) is 17.3 Å². The number of anilines is 2. The van der Waals surface area contributed by atoms with Gasteiger partial charge in [0, 0.05) is 29.1 Å². The maximum Gasteiger partial charge on any atom is 0.317 e. The number of rotatable bonds is 4. The Morgan fingerprint density at radius 2 is 1.63 bits per heavy atom. The minimum absolute atomic E-state index is 0.101. The van der Waals surface area contributed by atoms with Crippen molar-refractivity contribution in [3.8, 4) is 11.5 Å². The lowest BCUT2D eigenvalue weighted by Gasteiger charge is -2.11. The molecule has 1 atom stereocenters. The highest BCUT2D eigenvalue weighted by molar-refractivity contribution is 6.19. The molecule has 4 aromatic rings. The number of nitrogens with zero attached hydrogens (tertiary/aromatic N) is 4. The first-order valence-electron chi connectivity index (χ1n) is 9.32. The van der Waals surface area contributed by atoms with Crippen molar-refractivity contribution in [3.63, 3.8) is 0 Å². The summed E-state index contributed by atoms with van der Waals surface area (Å²) in [6, 6.07) is 20.9. The Hall–Kier alpha value is -4.33. The molecule has 1 aliphatic heterocycles. The highest BCUT2D eigenvalue weighted by Crippen LogP contribution is 2.25. The van der Waals surface area contributed by atoms with E-state index in [1.165, 1.54) is 0 Å². The first-order valence-corrected chi connectivity index (χ1v) is 9.32. The smallest absolute Gasteiger partial charge is 0.317 e. The number of nitrogens with one attached hydrogen (secondary N) is 2. The molecule has 30 heavy (non-hydrogen) atoms. The second-order valence-electron chi connectivity index (χ2n) is 6.57. The number of benzodiazepines with no additional fused rings is 1. The summed E-state index contributed by atoms with van der Waals surface area (Å²) >= 11 is 0. The lowest BCUT2D eigenvalue weighted by molar-refractivity contribution is -0.116. The number of aliphatic imine (C=N–C) groups is 1. The number of carbonyl (C=O) groups excluding carboxylic acids is 1. The minimum Gasteiger partial charge on any atom is -0.403 e. The van der Waals surface area contributed by atoms with Gasteiger partial charge in [0.15, 0.2) is 0 Å². The van der Waals surface area contributed by atoms with E-state index in [1.807, 2.05) is 54.6 Å².